The zero-order valence-corrected chi connectivity index (χ0v) is 17.1. The van der Waals surface area contributed by atoms with Gasteiger partial charge in [-0.3, -0.25) is 0 Å². The fraction of sp³-hybridized carbons (Fsp3) is 0.579. The molecular weight excluding hydrogens is 360 g/mol. The molecule has 1 fully saturated rings. The van der Waals surface area contributed by atoms with Crippen LogP contribution in [-0.2, 0) is 9.47 Å². The second-order valence-corrected chi connectivity index (χ2v) is 8.01. The number of amides is 1. The van der Waals surface area contributed by atoms with Gasteiger partial charge in [0, 0.05) is 18.8 Å². The molecule has 152 valence electrons. The fourth-order valence-corrected chi connectivity index (χ4v) is 3.13. The Morgan fingerprint density at radius 2 is 2.11 bits per heavy atom. The van der Waals surface area contributed by atoms with Crippen molar-refractivity contribution < 1.29 is 14.3 Å². The molecule has 0 spiro atoms. The van der Waals surface area contributed by atoms with Gasteiger partial charge < -0.3 is 25.4 Å². The van der Waals surface area contributed by atoms with E-state index in [1.165, 1.54) is 0 Å². The minimum atomic E-state index is -0.525. The first-order valence-electron chi connectivity index (χ1n) is 9.37. The number of ether oxygens (including phenoxy) is 2. The average molecular weight is 388 g/mol. The second-order valence-electron chi connectivity index (χ2n) is 8.01. The predicted molar refractivity (Wildman–Crippen MR) is 107 cm³/mol. The van der Waals surface area contributed by atoms with Gasteiger partial charge in [-0.1, -0.05) is 0 Å². The lowest BCUT2D eigenvalue weighted by atomic mass is 10.1. The first-order valence-corrected chi connectivity index (χ1v) is 9.37. The minimum absolute atomic E-state index is 0.200. The molecule has 0 radical (unpaired) electrons. The molecule has 1 atom stereocenters. The molecule has 28 heavy (non-hydrogen) atoms. The Bertz CT molecular complexity index is 880. The third-order valence-corrected chi connectivity index (χ3v) is 4.30. The summed E-state index contributed by atoms with van der Waals surface area (Å²) in [5, 5.41) is 3.91. The molecule has 0 aromatic carbocycles. The van der Waals surface area contributed by atoms with Crippen molar-refractivity contribution >= 4 is 28.9 Å². The number of hydrogen-bond acceptors (Lipinski definition) is 8. The van der Waals surface area contributed by atoms with Crippen molar-refractivity contribution in [2.45, 2.75) is 46.3 Å². The quantitative estimate of drug-likeness (QED) is 0.823. The van der Waals surface area contributed by atoms with Crippen LogP contribution in [0.2, 0.25) is 0 Å². The lowest BCUT2D eigenvalue weighted by Gasteiger charge is -2.34. The summed E-state index contributed by atoms with van der Waals surface area (Å²) in [5.41, 5.74) is 8.01. The van der Waals surface area contributed by atoms with Crippen LogP contribution in [0.15, 0.2) is 6.07 Å². The van der Waals surface area contributed by atoms with Gasteiger partial charge in [-0.25, -0.2) is 9.78 Å². The molecule has 9 nitrogen and oxygen atoms in total. The summed E-state index contributed by atoms with van der Waals surface area (Å²) in [4.78, 5) is 27.2. The molecule has 9 heteroatoms. The van der Waals surface area contributed by atoms with E-state index in [0.717, 1.165) is 16.6 Å². The number of carbonyl (C=O) groups excluding carboxylic acids is 1. The number of anilines is 2. The summed E-state index contributed by atoms with van der Waals surface area (Å²) in [6.07, 6.45) is -0.531. The van der Waals surface area contributed by atoms with E-state index in [9.17, 15) is 4.79 Å². The molecule has 1 aliphatic heterocycles. The number of nitrogens with one attached hydrogen (secondary N) is 1. The largest absolute Gasteiger partial charge is 0.444 e. The maximum atomic E-state index is 12.3. The summed E-state index contributed by atoms with van der Waals surface area (Å²) in [6.45, 7) is 11.3. The fourth-order valence-electron chi connectivity index (χ4n) is 3.13. The van der Waals surface area contributed by atoms with Gasteiger partial charge in [0.25, 0.3) is 0 Å². The van der Waals surface area contributed by atoms with Crippen LogP contribution in [0, 0.1) is 13.8 Å². The average Bonchev–Trinajstić information content (AvgIpc) is 2.58. The van der Waals surface area contributed by atoms with Crippen molar-refractivity contribution in [1.29, 1.82) is 0 Å². The van der Waals surface area contributed by atoms with E-state index in [4.69, 9.17) is 15.2 Å². The molecule has 3 N–H and O–H groups in total. The van der Waals surface area contributed by atoms with Crippen molar-refractivity contribution in [3.63, 3.8) is 0 Å². The SMILES string of the molecule is Cc1cc(C)c2c(N)nc(NC[C@@H]3CN(C(=O)OC(C)(C)C)CCO3)nc2n1. The van der Waals surface area contributed by atoms with Gasteiger partial charge in [-0.05, 0) is 46.2 Å². The number of pyridine rings is 1. The van der Waals surface area contributed by atoms with Crippen LogP contribution in [0.4, 0.5) is 16.6 Å². The van der Waals surface area contributed by atoms with Crippen LogP contribution in [0.3, 0.4) is 0 Å². The molecule has 0 aliphatic carbocycles. The maximum absolute atomic E-state index is 12.3. The number of nitrogens with two attached hydrogens (primary N) is 1. The summed E-state index contributed by atoms with van der Waals surface area (Å²) >= 11 is 0. The van der Waals surface area contributed by atoms with Gasteiger partial charge in [0.15, 0.2) is 5.65 Å². The number of aryl methyl sites for hydroxylation is 2. The van der Waals surface area contributed by atoms with Crippen LogP contribution in [0.1, 0.15) is 32.0 Å². The lowest BCUT2D eigenvalue weighted by molar-refractivity contribution is -0.0371. The van der Waals surface area contributed by atoms with Gasteiger partial charge in [0.1, 0.15) is 11.4 Å². The molecule has 1 amide bonds. The van der Waals surface area contributed by atoms with E-state index < -0.39 is 5.60 Å². The van der Waals surface area contributed by atoms with Gasteiger partial charge in [0.2, 0.25) is 5.95 Å². The topological polar surface area (TPSA) is 115 Å². The zero-order valence-electron chi connectivity index (χ0n) is 17.1. The van der Waals surface area contributed by atoms with Crippen molar-refractivity contribution in [3.05, 3.63) is 17.3 Å². The van der Waals surface area contributed by atoms with Crippen LogP contribution < -0.4 is 11.1 Å². The molecule has 3 rings (SSSR count). The van der Waals surface area contributed by atoms with E-state index in [1.54, 1.807) is 4.90 Å². The highest BCUT2D eigenvalue weighted by molar-refractivity contribution is 5.89. The van der Waals surface area contributed by atoms with Gasteiger partial charge in [0.05, 0.1) is 24.6 Å². The molecular formula is C19H28N6O3. The summed E-state index contributed by atoms with van der Waals surface area (Å²) < 4.78 is 11.2. The molecule has 3 heterocycles. The van der Waals surface area contributed by atoms with Gasteiger partial charge in [-0.15, -0.1) is 0 Å². The molecule has 1 aliphatic rings. The predicted octanol–water partition coefficient (Wildman–Crippen LogP) is 2.27. The third kappa shape index (κ3) is 4.78. The highest BCUT2D eigenvalue weighted by Crippen LogP contribution is 2.22. The molecule has 1 saturated heterocycles. The third-order valence-electron chi connectivity index (χ3n) is 4.30. The molecule has 2 aromatic heterocycles. The van der Waals surface area contributed by atoms with Gasteiger partial charge in [-0.2, -0.15) is 9.97 Å². The molecule has 0 saturated carbocycles. The van der Waals surface area contributed by atoms with E-state index >= 15 is 0 Å². The second kappa shape index (κ2) is 7.75. The van der Waals surface area contributed by atoms with E-state index in [0.29, 0.717) is 43.7 Å². The Labute approximate surface area is 164 Å². The Hall–Kier alpha value is -2.68. The smallest absolute Gasteiger partial charge is 0.410 e. The van der Waals surface area contributed by atoms with Crippen LogP contribution in [-0.4, -0.2) is 63.9 Å². The Morgan fingerprint density at radius 3 is 2.82 bits per heavy atom. The standard InChI is InChI=1S/C19H28N6O3/c1-11-8-12(2)22-16-14(11)15(20)23-17(24-16)21-9-13-10-25(6-7-27-13)18(26)28-19(3,4)5/h8,13H,6-7,9-10H2,1-5H3,(H3,20,21,22,23,24)/t13-/m1/s1. The molecule has 0 bridgehead atoms. The monoisotopic (exact) mass is 388 g/mol. The van der Waals surface area contributed by atoms with Crippen LogP contribution in [0.5, 0.6) is 0 Å². The zero-order chi connectivity index (χ0) is 20.5. The molecule has 2 aromatic rings. The van der Waals surface area contributed by atoms with Crippen molar-refractivity contribution in [3.8, 4) is 0 Å². The van der Waals surface area contributed by atoms with Gasteiger partial charge >= 0.3 is 6.09 Å². The van der Waals surface area contributed by atoms with Crippen molar-refractivity contribution in [2.75, 3.05) is 37.3 Å². The minimum Gasteiger partial charge on any atom is -0.444 e. The van der Waals surface area contributed by atoms with E-state index in [1.807, 2.05) is 40.7 Å². The number of aromatic nitrogens is 3. The molecule has 0 unspecified atom stereocenters. The van der Waals surface area contributed by atoms with Crippen molar-refractivity contribution in [1.82, 2.24) is 19.9 Å². The van der Waals surface area contributed by atoms with E-state index in [2.05, 4.69) is 20.3 Å². The van der Waals surface area contributed by atoms with Crippen molar-refractivity contribution in [2.24, 2.45) is 0 Å². The van der Waals surface area contributed by atoms with Crippen LogP contribution >= 0.6 is 0 Å². The highest BCUT2D eigenvalue weighted by Gasteiger charge is 2.28. The summed E-state index contributed by atoms with van der Waals surface area (Å²) in [6, 6.07) is 1.95. The summed E-state index contributed by atoms with van der Waals surface area (Å²) in [7, 11) is 0. The van der Waals surface area contributed by atoms with Crippen LogP contribution in [0.25, 0.3) is 11.0 Å². The first-order chi connectivity index (χ1) is 13.1. The number of morpholine rings is 1. The number of nitrogens with zero attached hydrogens (tertiary/aromatic N) is 4. The normalized spacial score (nSPS) is 17.6. The summed E-state index contributed by atoms with van der Waals surface area (Å²) in [5.74, 6) is 0.776. The van der Waals surface area contributed by atoms with E-state index in [-0.39, 0.29) is 12.2 Å². The maximum Gasteiger partial charge on any atom is 0.410 e. The Kier molecular flexibility index (Phi) is 5.55. The first kappa shape index (κ1) is 20.1. The lowest BCUT2D eigenvalue weighted by Crippen LogP contribution is -2.49. The highest BCUT2D eigenvalue weighted by atomic mass is 16.6. The number of rotatable bonds is 3. The number of carbonyl (C=O) groups is 1. The Morgan fingerprint density at radius 1 is 1.36 bits per heavy atom. The number of hydrogen-bond donors (Lipinski definition) is 2. The Balaban J connectivity index is 1.66. The number of nitrogen functional groups attached to an aromatic ring is 1. The number of fused-ring (bicyclic) bond motifs is 1.